The number of thioether (sulfide) groups is 2. The van der Waals surface area contributed by atoms with Crippen molar-refractivity contribution in [3.05, 3.63) is 88.0 Å². The van der Waals surface area contributed by atoms with Gasteiger partial charge in [-0.05, 0) is 97.7 Å². The van der Waals surface area contributed by atoms with Gasteiger partial charge >= 0.3 is 35.5 Å². The maximum absolute atomic E-state index is 14.5. The van der Waals surface area contributed by atoms with E-state index >= 15 is 0 Å². The lowest BCUT2D eigenvalue weighted by Gasteiger charge is -2.47. The van der Waals surface area contributed by atoms with Crippen molar-refractivity contribution in [2.45, 2.75) is 86.6 Å². The van der Waals surface area contributed by atoms with E-state index in [9.17, 15) is 52.7 Å². The van der Waals surface area contributed by atoms with E-state index in [1.807, 2.05) is 0 Å². The van der Waals surface area contributed by atoms with E-state index in [0.717, 1.165) is 46.6 Å². The first-order valence-electron chi connectivity index (χ1n) is 15.0. The molecule has 0 nitrogen and oxygen atoms in total. The minimum absolute atomic E-state index is 0.105. The van der Waals surface area contributed by atoms with Gasteiger partial charge in [0.15, 0.2) is 0 Å². The molecular weight excluding hydrogens is 741 g/mol. The highest BCUT2D eigenvalue weighted by atomic mass is 32.2. The predicted octanol–water partition coefficient (Wildman–Crippen LogP) is 12.5. The molecule has 1 fully saturated rings. The third-order valence-corrected chi connectivity index (χ3v) is 14.0. The number of hydrogen-bond acceptors (Lipinski definition) is 4. The molecule has 0 N–H and O–H groups in total. The van der Waals surface area contributed by atoms with Crippen LogP contribution in [0.5, 0.6) is 0 Å². The van der Waals surface area contributed by atoms with Gasteiger partial charge in [0.2, 0.25) is 0 Å². The topological polar surface area (TPSA) is 0 Å². The van der Waals surface area contributed by atoms with Gasteiger partial charge in [-0.25, -0.2) is 0 Å². The molecule has 0 aromatic carbocycles. The van der Waals surface area contributed by atoms with Crippen molar-refractivity contribution in [1.82, 2.24) is 0 Å². The number of alkyl halides is 12. The summed E-state index contributed by atoms with van der Waals surface area (Å²) >= 11 is 3.97. The zero-order chi connectivity index (χ0) is 37.7. The van der Waals surface area contributed by atoms with Crippen molar-refractivity contribution in [2.75, 3.05) is 0 Å². The van der Waals surface area contributed by atoms with Crippen LogP contribution in [0.25, 0.3) is 11.1 Å². The van der Waals surface area contributed by atoms with Crippen LogP contribution in [0.2, 0.25) is 0 Å². The van der Waals surface area contributed by atoms with E-state index in [4.69, 9.17) is 2.74 Å². The molecule has 2 aliphatic heterocycles. The molecule has 0 spiro atoms. The highest BCUT2D eigenvalue weighted by Gasteiger charge is 2.84. The van der Waals surface area contributed by atoms with Gasteiger partial charge in [-0.3, -0.25) is 0 Å². The van der Waals surface area contributed by atoms with Gasteiger partial charge in [0.25, 0.3) is 0 Å². The largest absolute Gasteiger partial charge is 0.380 e. The number of fused-ring (bicyclic) bond motifs is 4. The number of allylic oxidation sites excluding steroid dienone is 7. The SMILES string of the molecule is [2H]C1=CC2=C3C(=C4C=C(C)SC4(C)C2(C)S1)C(F)(F)C(F)(F)C3(F)F.[2H]c1cc(C2=C(c3cc(C)sc3C)C(F)(F)C(F)(F)C2(F)F)c(C)s1. The molecule has 2 atom stereocenters. The predicted molar refractivity (Wildman–Crippen MR) is 168 cm³/mol. The standard InChI is InChI=1S/2C16H12F6S2/c1-7-6-9-11-10(14(17,18)16(21,22)15(11,19)20)8-4-5-23-12(8,2)13(9,3)24-7;1-7-6-11(9(3)24-7)13-12(10-4-5-23-8(10)2)14(17,18)16(21,22)15(13,19)20/h2*4-6H,1-3H3/i2*5D. The fraction of sp³-hybridized carbons (Fsp3) is 0.438. The second kappa shape index (κ2) is 10.3. The van der Waals surface area contributed by atoms with Gasteiger partial charge in [-0.2, -0.15) is 52.7 Å². The lowest BCUT2D eigenvalue weighted by atomic mass is 9.71. The summed E-state index contributed by atoms with van der Waals surface area (Å²) in [7, 11) is 0. The summed E-state index contributed by atoms with van der Waals surface area (Å²) in [6.07, 6.45) is 2.33. The van der Waals surface area contributed by atoms with Gasteiger partial charge in [0.1, 0.15) is 0 Å². The van der Waals surface area contributed by atoms with Crippen LogP contribution in [0.3, 0.4) is 0 Å². The summed E-state index contributed by atoms with van der Waals surface area (Å²) in [5.41, 5.74) is -6.49. The second-order valence-electron chi connectivity index (χ2n) is 12.2. The van der Waals surface area contributed by atoms with Crippen molar-refractivity contribution < 1.29 is 55.4 Å². The van der Waals surface area contributed by atoms with Crippen molar-refractivity contribution in [1.29, 1.82) is 0 Å². The van der Waals surface area contributed by atoms with Crippen LogP contribution in [0.1, 0.15) is 49.3 Å². The molecule has 2 aromatic heterocycles. The first-order chi connectivity index (χ1) is 22.5. The Kier molecular flexibility index (Phi) is 7.09. The van der Waals surface area contributed by atoms with Gasteiger partial charge in [-0.1, -0.05) is 6.08 Å². The molecule has 0 saturated heterocycles. The van der Waals surface area contributed by atoms with Crippen LogP contribution >= 0.6 is 46.2 Å². The quantitative estimate of drug-likeness (QED) is 0.279. The third kappa shape index (κ3) is 4.08. The van der Waals surface area contributed by atoms with Gasteiger partial charge in [0, 0.05) is 36.9 Å². The number of rotatable bonds is 2. The minimum atomic E-state index is -5.55. The van der Waals surface area contributed by atoms with Gasteiger partial charge < -0.3 is 0 Å². The zero-order valence-electron chi connectivity index (χ0n) is 27.5. The number of thiophene rings is 2. The van der Waals surface area contributed by atoms with Gasteiger partial charge in [-0.15, -0.1) is 46.2 Å². The molecule has 0 bridgehead atoms. The average molecular weight is 767 g/mol. The Morgan fingerprint density at radius 3 is 1.60 bits per heavy atom. The molecule has 260 valence electrons. The molecule has 7 rings (SSSR count). The molecule has 48 heavy (non-hydrogen) atoms. The molecule has 1 saturated carbocycles. The molecule has 0 amide bonds. The lowest BCUT2D eigenvalue weighted by Crippen LogP contribution is -2.48. The molecular formula is C32H24F12S4. The zero-order valence-corrected chi connectivity index (χ0v) is 28.7. The Morgan fingerprint density at radius 2 is 1.12 bits per heavy atom. The first kappa shape index (κ1) is 33.1. The Bertz CT molecular complexity index is 1890. The van der Waals surface area contributed by atoms with E-state index in [-0.39, 0.29) is 37.2 Å². The Hall–Kier alpha value is -2.04. The minimum Gasteiger partial charge on any atom is -0.194 e. The maximum Gasteiger partial charge on any atom is 0.380 e. The van der Waals surface area contributed by atoms with Crippen molar-refractivity contribution in [2.24, 2.45) is 0 Å². The van der Waals surface area contributed by atoms with Crippen LogP contribution in [-0.2, 0) is 0 Å². The molecule has 3 aliphatic carbocycles. The average Bonchev–Trinajstić information content (AvgIpc) is 3.70. The smallest absolute Gasteiger partial charge is 0.194 e. The third-order valence-electron chi connectivity index (χ3n) is 9.36. The summed E-state index contributed by atoms with van der Waals surface area (Å²) in [6.45, 7) is 9.13. The van der Waals surface area contributed by atoms with E-state index in [0.29, 0.717) is 9.78 Å². The second-order valence-corrected chi connectivity index (χ2v) is 17.7. The van der Waals surface area contributed by atoms with Crippen LogP contribution < -0.4 is 0 Å². The summed E-state index contributed by atoms with van der Waals surface area (Å²) in [4.78, 5) is 1.52. The molecule has 16 heteroatoms. The molecule has 2 unspecified atom stereocenters. The summed E-state index contributed by atoms with van der Waals surface area (Å²) in [5.74, 6) is -31.1. The van der Waals surface area contributed by atoms with E-state index in [2.05, 4.69) is 0 Å². The van der Waals surface area contributed by atoms with Crippen LogP contribution in [0.4, 0.5) is 52.7 Å². The molecule has 4 heterocycles. The van der Waals surface area contributed by atoms with Crippen molar-refractivity contribution in [3.8, 4) is 0 Å². The van der Waals surface area contributed by atoms with Crippen molar-refractivity contribution in [3.63, 3.8) is 0 Å². The maximum atomic E-state index is 14.5. The number of halogens is 12. The fourth-order valence-corrected chi connectivity index (χ4v) is 11.0. The normalized spacial score (nSPS) is 31.9. The number of aryl methyl sites for hydroxylation is 3. The Morgan fingerprint density at radius 1 is 0.625 bits per heavy atom. The summed E-state index contributed by atoms with van der Waals surface area (Å²) in [5, 5.41) is -0.266. The molecule has 2 aromatic rings. The fourth-order valence-electron chi connectivity index (χ4n) is 6.80. The Balaban J connectivity index is 0.000000173. The first-order valence-corrected chi connectivity index (χ1v) is 17.2. The molecule has 5 aliphatic rings. The van der Waals surface area contributed by atoms with Crippen LogP contribution in [0.15, 0.2) is 62.2 Å². The highest BCUT2D eigenvalue weighted by Crippen LogP contribution is 2.73. The molecule has 0 radical (unpaired) electrons. The van der Waals surface area contributed by atoms with Crippen LogP contribution in [-0.4, -0.2) is 45.0 Å². The van der Waals surface area contributed by atoms with Gasteiger partial charge in [0.05, 0.1) is 12.2 Å². The van der Waals surface area contributed by atoms with Crippen LogP contribution in [0, 0.1) is 20.8 Å². The van der Waals surface area contributed by atoms with E-state index < -0.39 is 72.9 Å². The van der Waals surface area contributed by atoms with E-state index in [1.165, 1.54) is 37.8 Å². The summed E-state index contributed by atoms with van der Waals surface area (Å²) in [6, 6.07) is 2.17. The summed E-state index contributed by atoms with van der Waals surface area (Å²) < 4.78 is 185. The van der Waals surface area contributed by atoms with Crippen molar-refractivity contribution >= 4 is 57.3 Å². The monoisotopic (exact) mass is 766 g/mol. The number of hydrogen-bond donors (Lipinski definition) is 0. The Labute approximate surface area is 286 Å². The van der Waals surface area contributed by atoms with E-state index in [1.54, 1.807) is 27.7 Å². The highest BCUT2D eigenvalue weighted by molar-refractivity contribution is 8.08. The lowest BCUT2D eigenvalue weighted by molar-refractivity contribution is -0.258.